The van der Waals surface area contributed by atoms with Gasteiger partial charge in [-0.05, 0) is 31.2 Å². The zero-order chi connectivity index (χ0) is 16.6. The van der Waals surface area contributed by atoms with Crippen molar-refractivity contribution in [3.8, 4) is 5.75 Å². The molecule has 2 aliphatic rings. The van der Waals surface area contributed by atoms with Gasteiger partial charge in [0.2, 0.25) is 5.91 Å². The van der Waals surface area contributed by atoms with Crippen LogP contribution in [0.3, 0.4) is 0 Å². The van der Waals surface area contributed by atoms with Crippen molar-refractivity contribution in [1.29, 1.82) is 0 Å². The first kappa shape index (κ1) is 15.0. The number of ether oxygens (including phenoxy) is 2. The first-order valence-corrected chi connectivity index (χ1v) is 7.10. The Balaban J connectivity index is 1.88. The molecule has 2 heterocycles. The van der Waals surface area contributed by atoms with E-state index >= 15 is 0 Å². The van der Waals surface area contributed by atoms with Crippen LogP contribution < -0.4 is 15.1 Å². The number of carbonyl (C=O) groups is 3. The van der Waals surface area contributed by atoms with Crippen LogP contribution in [0.15, 0.2) is 29.4 Å². The number of nitrogens with zero attached hydrogens (tertiary/aromatic N) is 2. The predicted octanol–water partition coefficient (Wildman–Crippen LogP) is 0.0755. The lowest BCUT2D eigenvalue weighted by atomic mass is 9.99. The molecule has 1 aromatic rings. The number of fused-ring (bicyclic) bond motifs is 1. The molecular weight excluding hydrogens is 302 g/mol. The number of hydrazone groups is 1. The minimum atomic E-state index is -0.955. The van der Waals surface area contributed by atoms with Crippen molar-refractivity contribution in [2.24, 2.45) is 11.0 Å². The van der Waals surface area contributed by atoms with Crippen LogP contribution in [0.4, 0.5) is 5.69 Å². The van der Waals surface area contributed by atoms with Crippen molar-refractivity contribution < 1.29 is 23.9 Å². The number of hydrogen-bond donors (Lipinski definition) is 1. The van der Waals surface area contributed by atoms with Crippen molar-refractivity contribution in [3.63, 3.8) is 0 Å². The van der Waals surface area contributed by atoms with Gasteiger partial charge in [0.25, 0.3) is 5.91 Å². The molecule has 0 unspecified atom stereocenters. The number of esters is 1. The Labute approximate surface area is 132 Å². The number of anilines is 1. The highest BCUT2D eigenvalue weighted by atomic mass is 16.5. The molecule has 0 aromatic heterocycles. The molecule has 0 radical (unpaired) electrons. The van der Waals surface area contributed by atoms with Crippen LogP contribution in [0.1, 0.15) is 6.92 Å². The molecule has 0 spiro atoms. The van der Waals surface area contributed by atoms with Gasteiger partial charge in [0, 0.05) is 0 Å². The van der Waals surface area contributed by atoms with Crippen LogP contribution in [-0.2, 0) is 19.1 Å². The highest BCUT2D eigenvalue weighted by molar-refractivity contribution is 6.46. The third-order valence-corrected chi connectivity index (χ3v) is 3.74. The van der Waals surface area contributed by atoms with Crippen LogP contribution in [0.25, 0.3) is 0 Å². The number of benzene rings is 1. The Hall–Kier alpha value is -2.90. The summed E-state index contributed by atoms with van der Waals surface area (Å²) in [5, 5.41) is 3.80. The SMILES string of the molecule is CCOC(=O)C1=NN[C@@H]2C(=O)N(c3ccc(OC)cc3)C(=O)[C@@H]12. The quantitative estimate of drug-likeness (QED) is 0.624. The Bertz CT molecular complexity index is 698. The normalized spacial score (nSPS) is 22.5. The zero-order valence-electron chi connectivity index (χ0n) is 12.6. The summed E-state index contributed by atoms with van der Waals surface area (Å²) in [5.74, 6) is -1.98. The second-order valence-electron chi connectivity index (χ2n) is 5.01. The van der Waals surface area contributed by atoms with Gasteiger partial charge in [-0.25, -0.2) is 9.69 Å². The molecule has 1 fully saturated rings. The Morgan fingerprint density at radius 2 is 1.96 bits per heavy atom. The summed E-state index contributed by atoms with van der Waals surface area (Å²) in [6, 6.07) is 5.65. The molecule has 23 heavy (non-hydrogen) atoms. The van der Waals surface area contributed by atoms with Gasteiger partial charge >= 0.3 is 5.97 Å². The maximum atomic E-state index is 12.6. The zero-order valence-corrected chi connectivity index (χ0v) is 12.6. The highest BCUT2D eigenvalue weighted by Crippen LogP contribution is 2.31. The van der Waals surface area contributed by atoms with E-state index in [1.807, 2.05) is 0 Å². The Morgan fingerprint density at radius 3 is 2.57 bits per heavy atom. The lowest BCUT2D eigenvalue weighted by molar-refractivity contribution is -0.136. The van der Waals surface area contributed by atoms with E-state index in [4.69, 9.17) is 9.47 Å². The summed E-state index contributed by atoms with van der Waals surface area (Å²) >= 11 is 0. The molecule has 0 saturated carbocycles. The predicted molar refractivity (Wildman–Crippen MR) is 80.0 cm³/mol. The standard InChI is InChI=1S/C15H15N3O5/c1-3-23-15(21)12-10-11(16-17-12)14(20)18(13(10)19)8-4-6-9(22-2)7-5-8/h4-7,10-11,16H,3H2,1-2H3/t10-,11+/m1/s1. The minimum absolute atomic E-state index is 0.0637. The topological polar surface area (TPSA) is 97.3 Å². The molecule has 0 aliphatic carbocycles. The number of rotatable bonds is 4. The largest absolute Gasteiger partial charge is 0.497 e. The highest BCUT2D eigenvalue weighted by Gasteiger charge is 2.55. The van der Waals surface area contributed by atoms with Crippen molar-refractivity contribution in [3.05, 3.63) is 24.3 Å². The van der Waals surface area contributed by atoms with Crippen LogP contribution in [0.5, 0.6) is 5.75 Å². The minimum Gasteiger partial charge on any atom is -0.497 e. The van der Waals surface area contributed by atoms with Crippen LogP contribution in [0, 0.1) is 5.92 Å². The van der Waals surface area contributed by atoms with E-state index in [1.165, 1.54) is 7.11 Å². The number of amides is 2. The first-order chi connectivity index (χ1) is 11.1. The van der Waals surface area contributed by atoms with E-state index in [2.05, 4.69) is 10.5 Å². The van der Waals surface area contributed by atoms with Crippen molar-refractivity contribution in [2.45, 2.75) is 13.0 Å². The van der Waals surface area contributed by atoms with E-state index in [1.54, 1.807) is 31.2 Å². The second-order valence-corrected chi connectivity index (χ2v) is 5.01. The average molecular weight is 317 g/mol. The number of nitrogens with one attached hydrogen (secondary N) is 1. The van der Waals surface area contributed by atoms with Gasteiger partial charge in [-0.2, -0.15) is 5.10 Å². The Morgan fingerprint density at radius 1 is 1.26 bits per heavy atom. The molecule has 2 amide bonds. The molecule has 120 valence electrons. The van der Waals surface area contributed by atoms with Crippen molar-refractivity contribution in [2.75, 3.05) is 18.6 Å². The molecule has 1 saturated heterocycles. The van der Waals surface area contributed by atoms with Crippen LogP contribution >= 0.6 is 0 Å². The molecule has 8 nitrogen and oxygen atoms in total. The van der Waals surface area contributed by atoms with Crippen molar-refractivity contribution >= 4 is 29.2 Å². The third-order valence-electron chi connectivity index (χ3n) is 3.74. The van der Waals surface area contributed by atoms with Gasteiger partial charge < -0.3 is 9.47 Å². The molecule has 1 aromatic carbocycles. The van der Waals surface area contributed by atoms with Gasteiger partial charge in [-0.1, -0.05) is 0 Å². The monoisotopic (exact) mass is 317 g/mol. The van der Waals surface area contributed by atoms with Gasteiger partial charge in [0.1, 0.15) is 17.7 Å². The fourth-order valence-corrected chi connectivity index (χ4v) is 2.65. The van der Waals surface area contributed by atoms with Gasteiger partial charge in [0.05, 0.1) is 19.4 Å². The second kappa shape index (κ2) is 5.71. The van der Waals surface area contributed by atoms with Gasteiger partial charge in [-0.3, -0.25) is 15.0 Å². The fraction of sp³-hybridized carbons (Fsp3) is 0.333. The Kier molecular flexibility index (Phi) is 3.73. The van der Waals surface area contributed by atoms with E-state index < -0.39 is 29.7 Å². The van der Waals surface area contributed by atoms with E-state index in [-0.39, 0.29) is 12.3 Å². The van der Waals surface area contributed by atoms with E-state index in [0.29, 0.717) is 11.4 Å². The molecule has 2 atom stereocenters. The maximum absolute atomic E-state index is 12.6. The van der Waals surface area contributed by atoms with E-state index in [0.717, 1.165) is 4.90 Å². The molecule has 0 bridgehead atoms. The molecule has 1 N–H and O–H groups in total. The summed E-state index contributed by atoms with van der Waals surface area (Å²) in [7, 11) is 1.53. The third kappa shape index (κ3) is 2.32. The summed E-state index contributed by atoms with van der Waals surface area (Å²) in [4.78, 5) is 38.0. The van der Waals surface area contributed by atoms with Crippen LogP contribution in [0.2, 0.25) is 0 Å². The molecule has 2 aliphatic heterocycles. The summed E-state index contributed by atoms with van der Waals surface area (Å²) < 4.78 is 9.93. The smallest absolute Gasteiger partial charge is 0.355 e. The maximum Gasteiger partial charge on any atom is 0.355 e. The summed E-state index contributed by atoms with van der Waals surface area (Å²) in [6.07, 6.45) is 0. The molecule has 3 rings (SSSR count). The average Bonchev–Trinajstić information content (AvgIpc) is 3.09. The number of imide groups is 1. The molecular formula is C15H15N3O5. The van der Waals surface area contributed by atoms with Crippen LogP contribution in [-0.4, -0.2) is 43.3 Å². The summed E-state index contributed by atoms with van der Waals surface area (Å²) in [6.45, 7) is 1.82. The number of carbonyl (C=O) groups excluding carboxylic acids is 3. The molecule has 8 heteroatoms. The first-order valence-electron chi connectivity index (χ1n) is 7.10. The van der Waals surface area contributed by atoms with E-state index in [9.17, 15) is 14.4 Å². The lowest BCUT2D eigenvalue weighted by Gasteiger charge is -2.16. The summed E-state index contributed by atoms with van der Waals surface area (Å²) in [5.41, 5.74) is 2.91. The van der Waals surface area contributed by atoms with Crippen molar-refractivity contribution in [1.82, 2.24) is 5.43 Å². The lowest BCUT2D eigenvalue weighted by Crippen LogP contribution is -2.36. The van der Waals surface area contributed by atoms with Gasteiger partial charge in [0.15, 0.2) is 5.71 Å². The number of hydrogen-bond acceptors (Lipinski definition) is 7. The van der Waals surface area contributed by atoms with Gasteiger partial charge in [-0.15, -0.1) is 0 Å². The number of methoxy groups -OCH3 is 1. The fourth-order valence-electron chi connectivity index (χ4n) is 2.65.